The van der Waals surface area contributed by atoms with Crippen molar-refractivity contribution >= 4 is 23.9 Å². The first-order valence-corrected chi connectivity index (χ1v) is 30.9. The Balaban J connectivity index is 2.69. The van der Waals surface area contributed by atoms with Gasteiger partial charge in [-0.15, -0.1) is 0 Å². The molecule has 12 heteroatoms. The Morgan fingerprint density at radius 2 is 0.818 bits per heavy atom. The number of ether oxygens (including phenoxy) is 5. The summed E-state index contributed by atoms with van der Waals surface area (Å²) in [5.41, 5.74) is 0. The molecule has 1 saturated heterocycles. The molecule has 6 unspecified atom stereocenters. The number of hydrogen-bond donors (Lipinski definition) is 3. The van der Waals surface area contributed by atoms with Crippen LogP contribution in [0.2, 0.25) is 0 Å². The van der Waals surface area contributed by atoms with E-state index in [9.17, 15) is 34.5 Å². The number of allylic oxidation sites excluding steroid dienone is 12. The number of carboxylic acids is 1. The Labute approximate surface area is 468 Å². The second-order valence-corrected chi connectivity index (χ2v) is 20.9. The molecule has 3 N–H and O–H groups in total. The first-order chi connectivity index (χ1) is 37.6. The molecule has 77 heavy (non-hydrogen) atoms. The Kier molecular flexibility index (Phi) is 48.8. The molecule has 0 aromatic heterocycles. The summed E-state index contributed by atoms with van der Waals surface area (Å²) in [6.45, 7) is 5.84. The van der Waals surface area contributed by atoms with Gasteiger partial charge in [-0.2, -0.15) is 0 Å². The van der Waals surface area contributed by atoms with Crippen molar-refractivity contribution in [2.24, 2.45) is 0 Å². The summed E-state index contributed by atoms with van der Waals surface area (Å²) in [5.74, 6) is -3.16. The first-order valence-electron chi connectivity index (χ1n) is 30.9. The molecule has 1 rings (SSSR count). The highest BCUT2D eigenvalue weighted by molar-refractivity contribution is 5.74. The summed E-state index contributed by atoms with van der Waals surface area (Å²) in [6, 6.07) is 0. The van der Waals surface area contributed by atoms with Crippen LogP contribution in [0.5, 0.6) is 0 Å². The third kappa shape index (κ3) is 42.7. The van der Waals surface area contributed by atoms with Gasteiger partial charge in [0.1, 0.15) is 18.8 Å². The molecule has 1 aliphatic heterocycles. The number of carbonyl (C=O) groups excluding carboxylic acids is 3. The van der Waals surface area contributed by atoms with Gasteiger partial charge in [-0.25, -0.2) is 4.79 Å². The fraction of sp³-hybridized carbons (Fsp3) is 0.754. The molecule has 0 aromatic carbocycles. The zero-order valence-corrected chi connectivity index (χ0v) is 48.7. The number of carboxylic acid groups (broad SMARTS) is 1. The van der Waals surface area contributed by atoms with Gasteiger partial charge >= 0.3 is 23.9 Å². The van der Waals surface area contributed by atoms with E-state index < -0.39 is 67.3 Å². The van der Waals surface area contributed by atoms with Gasteiger partial charge in [0.15, 0.2) is 24.6 Å². The lowest BCUT2D eigenvalue weighted by atomic mass is 9.98. The summed E-state index contributed by atoms with van der Waals surface area (Å²) in [6.07, 6.45) is 54.3. The van der Waals surface area contributed by atoms with E-state index in [-0.39, 0.29) is 25.9 Å². The predicted octanol–water partition coefficient (Wildman–Crippen LogP) is 16.1. The molecule has 0 saturated carbocycles. The van der Waals surface area contributed by atoms with Gasteiger partial charge in [0.2, 0.25) is 0 Å². The molecule has 1 fully saturated rings. The van der Waals surface area contributed by atoms with Crippen LogP contribution in [0.15, 0.2) is 72.9 Å². The summed E-state index contributed by atoms with van der Waals surface area (Å²) in [5, 5.41) is 31.5. The number of unbranched alkanes of at least 4 members (excludes halogenated alkanes) is 26. The summed E-state index contributed by atoms with van der Waals surface area (Å²) >= 11 is 0. The summed E-state index contributed by atoms with van der Waals surface area (Å²) in [7, 11) is 0. The van der Waals surface area contributed by atoms with Gasteiger partial charge < -0.3 is 39.0 Å². The third-order valence-electron chi connectivity index (χ3n) is 13.7. The lowest BCUT2D eigenvalue weighted by molar-refractivity contribution is -0.301. The van der Waals surface area contributed by atoms with Crippen LogP contribution in [0.25, 0.3) is 0 Å². The number of aliphatic carboxylic acids is 1. The SMILES string of the molecule is CC/C=C\C/C=C\C/C=C\C/C=C\CCCCCCC(=O)OCC(COC1OC(C(=O)O)C(O)C(O)C1OC(=O)CCCCCCCCC/C=C\CCCCCCCC)OC(=O)CCCCCCC/C=C\CCCCCC. The quantitative estimate of drug-likeness (QED) is 0.0228. The van der Waals surface area contributed by atoms with Gasteiger partial charge in [-0.05, 0) is 109 Å². The zero-order chi connectivity index (χ0) is 56.1. The zero-order valence-electron chi connectivity index (χ0n) is 48.7. The molecular formula is C65H110O12. The van der Waals surface area contributed by atoms with Gasteiger partial charge in [-0.3, -0.25) is 14.4 Å². The second kappa shape index (κ2) is 52.8. The molecule has 1 aliphatic rings. The molecule has 0 aliphatic carbocycles. The van der Waals surface area contributed by atoms with Crippen LogP contribution in [0.3, 0.4) is 0 Å². The number of aliphatic hydroxyl groups is 2. The van der Waals surface area contributed by atoms with E-state index in [0.29, 0.717) is 19.3 Å². The maximum atomic E-state index is 13.1. The van der Waals surface area contributed by atoms with E-state index in [2.05, 4.69) is 93.7 Å². The average Bonchev–Trinajstić information content (AvgIpc) is 3.42. The molecule has 0 aromatic rings. The Hall–Kier alpha value is -3.84. The van der Waals surface area contributed by atoms with E-state index >= 15 is 0 Å². The minimum atomic E-state index is -1.91. The van der Waals surface area contributed by atoms with Crippen LogP contribution in [0, 0.1) is 0 Å². The van der Waals surface area contributed by atoms with Crippen LogP contribution in [0.1, 0.15) is 265 Å². The minimum absolute atomic E-state index is 0.0511. The number of aliphatic hydroxyl groups excluding tert-OH is 2. The van der Waals surface area contributed by atoms with Crippen LogP contribution >= 0.6 is 0 Å². The van der Waals surface area contributed by atoms with E-state index in [1.54, 1.807) is 0 Å². The molecule has 0 radical (unpaired) electrons. The molecule has 442 valence electrons. The van der Waals surface area contributed by atoms with Crippen molar-refractivity contribution in [1.29, 1.82) is 0 Å². The Morgan fingerprint density at radius 3 is 1.27 bits per heavy atom. The van der Waals surface area contributed by atoms with E-state index in [1.165, 1.54) is 83.5 Å². The summed E-state index contributed by atoms with van der Waals surface area (Å²) < 4.78 is 28.4. The fourth-order valence-electron chi connectivity index (χ4n) is 9.00. The predicted molar refractivity (Wildman–Crippen MR) is 312 cm³/mol. The molecule has 0 bridgehead atoms. The van der Waals surface area contributed by atoms with Gasteiger partial charge in [-0.1, -0.05) is 209 Å². The van der Waals surface area contributed by atoms with E-state index in [0.717, 1.165) is 122 Å². The topological polar surface area (TPSA) is 175 Å². The molecule has 0 spiro atoms. The molecule has 1 heterocycles. The molecular weight excluding hydrogens is 973 g/mol. The standard InChI is InChI=1S/C65H110O12/c1-4-7-10-13-16-19-22-25-27-29-31-34-36-39-42-45-48-51-57(66)73-54-56(75-58(67)52-49-46-43-40-37-33-24-21-18-15-12-9-6-3)55-74-65-63(61(70)60(69)62(77-65)64(71)72)76-59(68)53-50-47-44-41-38-35-32-30-28-26-23-20-17-14-11-8-5-2/h7,10,16,19,21,24-28,31,34,56,60-63,65,69-70H,4-6,8-9,11-15,17-18,20,22-23,29-30,32-33,35-55H2,1-3H3,(H,71,72)/b10-7-,19-16-,24-21-,27-25-,28-26-,34-31-. The maximum Gasteiger partial charge on any atom is 0.335 e. The largest absolute Gasteiger partial charge is 0.479 e. The minimum Gasteiger partial charge on any atom is -0.479 e. The monoisotopic (exact) mass is 1080 g/mol. The van der Waals surface area contributed by atoms with Crippen molar-refractivity contribution in [3.05, 3.63) is 72.9 Å². The van der Waals surface area contributed by atoms with Gasteiger partial charge in [0.25, 0.3) is 0 Å². The lowest BCUT2D eigenvalue weighted by Gasteiger charge is -2.40. The van der Waals surface area contributed by atoms with E-state index in [4.69, 9.17) is 23.7 Å². The van der Waals surface area contributed by atoms with Crippen LogP contribution in [-0.2, 0) is 42.9 Å². The Morgan fingerprint density at radius 1 is 0.442 bits per heavy atom. The van der Waals surface area contributed by atoms with E-state index in [1.807, 2.05) is 0 Å². The van der Waals surface area contributed by atoms with Crippen molar-refractivity contribution in [2.45, 2.75) is 302 Å². The normalized spacial score (nSPS) is 18.5. The Bertz CT molecular complexity index is 1620. The van der Waals surface area contributed by atoms with Crippen molar-refractivity contribution < 1.29 is 58.2 Å². The summed E-state index contributed by atoms with van der Waals surface area (Å²) in [4.78, 5) is 51.2. The number of carbonyl (C=O) groups is 4. The van der Waals surface area contributed by atoms with Crippen molar-refractivity contribution in [3.63, 3.8) is 0 Å². The highest BCUT2D eigenvalue weighted by Crippen LogP contribution is 2.26. The maximum absolute atomic E-state index is 13.1. The van der Waals surface area contributed by atoms with Gasteiger partial charge in [0.05, 0.1) is 6.61 Å². The number of hydrogen-bond acceptors (Lipinski definition) is 11. The fourth-order valence-corrected chi connectivity index (χ4v) is 9.00. The highest BCUT2D eigenvalue weighted by atomic mass is 16.7. The number of rotatable bonds is 52. The molecule has 0 amide bonds. The lowest BCUT2D eigenvalue weighted by Crippen LogP contribution is -2.61. The smallest absolute Gasteiger partial charge is 0.335 e. The van der Waals surface area contributed by atoms with Crippen molar-refractivity contribution in [3.8, 4) is 0 Å². The van der Waals surface area contributed by atoms with Crippen molar-refractivity contribution in [2.75, 3.05) is 13.2 Å². The van der Waals surface area contributed by atoms with Crippen LogP contribution in [0.4, 0.5) is 0 Å². The average molecular weight is 1080 g/mol. The van der Waals surface area contributed by atoms with Crippen LogP contribution in [-0.4, -0.2) is 89.2 Å². The number of esters is 3. The van der Waals surface area contributed by atoms with Crippen molar-refractivity contribution in [1.82, 2.24) is 0 Å². The first kappa shape index (κ1) is 71.2. The highest BCUT2D eigenvalue weighted by Gasteiger charge is 2.50. The molecule has 12 nitrogen and oxygen atoms in total. The van der Waals surface area contributed by atoms with Gasteiger partial charge in [0, 0.05) is 19.3 Å². The third-order valence-corrected chi connectivity index (χ3v) is 13.7. The molecule has 6 atom stereocenters. The second-order valence-electron chi connectivity index (χ2n) is 20.9. The van der Waals surface area contributed by atoms with Crippen LogP contribution < -0.4 is 0 Å².